The van der Waals surface area contributed by atoms with Crippen LogP contribution in [0.4, 0.5) is 5.69 Å². The van der Waals surface area contributed by atoms with Crippen molar-refractivity contribution in [2.24, 2.45) is 0 Å². The number of anilines is 1. The zero-order valence-corrected chi connectivity index (χ0v) is 21.4. The topological polar surface area (TPSA) is 27.7 Å². The van der Waals surface area contributed by atoms with Gasteiger partial charge in [-0.15, -0.1) is 0 Å². The summed E-state index contributed by atoms with van der Waals surface area (Å²) in [6.07, 6.45) is 1.06. The second-order valence-corrected chi connectivity index (χ2v) is 10.4. The van der Waals surface area contributed by atoms with E-state index in [4.69, 9.17) is 28.6 Å². The lowest BCUT2D eigenvalue weighted by Gasteiger charge is -2.30. The summed E-state index contributed by atoms with van der Waals surface area (Å²) in [5.74, 6) is 0. The van der Waals surface area contributed by atoms with Gasteiger partial charge in [0, 0.05) is 43.4 Å². The Hall–Kier alpha value is -1.66. The molecule has 1 aliphatic rings. The van der Waals surface area contributed by atoms with Gasteiger partial charge in [0.15, 0.2) is 5.11 Å². The predicted molar refractivity (Wildman–Crippen MR) is 140 cm³/mol. The first-order valence-corrected chi connectivity index (χ1v) is 12.2. The second kappa shape index (κ2) is 11.5. The van der Waals surface area contributed by atoms with E-state index in [1.165, 1.54) is 11.1 Å². The number of ether oxygens (including phenoxy) is 1. The molecule has 1 aliphatic heterocycles. The van der Waals surface area contributed by atoms with Crippen molar-refractivity contribution in [1.29, 1.82) is 0 Å². The Morgan fingerprint density at radius 3 is 2.44 bits per heavy atom. The largest absolute Gasteiger partial charge is 0.379 e. The monoisotopic (exact) mass is 473 g/mol. The fraction of sp³-hybridized carbons (Fsp3) is 0.500. The number of benzene rings is 2. The first-order valence-electron chi connectivity index (χ1n) is 11.4. The number of nitrogens with one attached hydrogen (secondary N) is 1. The SMILES string of the molecule is Cc1cc(NC(=S)N(CCCN2CCOCC2)Cc2ccc(C(C)(C)C)cc2)ccc1Cl. The number of halogens is 1. The van der Waals surface area contributed by atoms with Crippen LogP contribution < -0.4 is 5.32 Å². The Bertz CT molecular complexity index is 889. The summed E-state index contributed by atoms with van der Waals surface area (Å²) in [4.78, 5) is 4.74. The second-order valence-electron chi connectivity index (χ2n) is 9.57. The molecule has 0 aromatic heterocycles. The molecule has 32 heavy (non-hydrogen) atoms. The molecule has 0 bridgehead atoms. The molecule has 6 heteroatoms. The Morgan fingerprint density at radius 1 is 1.12 bits per heavy atom. The van der Waals surface area contributed by atoms with Crippen molar-refractivity contribution in [2.75, 3.05) is 44.7 Å². The molecular formula is C26H36ClN3OS. The van der Waals surface area contributed by atoms with Crippen molar-refractivity contribution < 1.29 is 4.74 Å². The third-order valence-corrected chi connectivity index (χ3v) is 6.68. The lowest BCUT2D eigenvalue weighted by atomic mass is 9.87. The zero-order valence-electron chi connectivity index (χ0n) is 19.8. The van der Waals surface area contributed by atoms with Gasteiger partial charge in [-0.3, -0.25) is 4.90 Å². The highest BCUT2D eigenvalue weighted by Crippen LogP contribution is 2.23. The highest BCUT2D eigenvalue weighted by molar-refractivity contribution is 7.80. The molecule has 1 fully saturated rings. The van der Waals surface area contributed by atoms with Crippen LogP contribution in [0, 0.1) is 6.92 Å². The van der Waals surface area contributed by atoms with Crippen molar-refractivity contribution >= 4 is 34.6 Å². The molecule has 2 aromatic carbocycles. The van der Waals surface area contributed by atoms with Crippen molar-refractivity contribution in [2.45, 2.75) is 46.1 Å². The van der Waals surface area contributed by atoms with Crippen LogP contribution in [0.5, 0.6) is 0 Å². The average Bonchev–Trinajstić information content (AvgIpc) is 2.76. The molecule has 0 unspecified atom stereocenters. The lowest BCUT2D eigenvalue weighted by molar-refractivity contribution is 0.0368. The molecule has 1 heterocycles. The van der Waals surface area contributed by atoms with Crippen LogP contribution >= 0.6 is 23.8 Å². The first-order chi connectivity index (χ1) is 15.2. The van der Waals surface area contributed by atoms with Crippen molar-refractivity contribution in [3.8, 4) is 0 Å². The fourth-order valence-corrected chi connectivity index (χ4v) is 4.21. The van der Waals surface area contributed by atoms with E-state index in [1.807, 2.05) is 25.1 Å². The van der Waals surface area contributed by atoms with E-state index in [-0.39, 0.29) is 5.41 Å². The van der Waals surface area contributed by atoms with Gasteiger partial charge in [0.05, 0.1) is 13.2 Å². The minimum atomic E-state index is 0.152. The molecule has 3 rings (SSSR count). The number of hydrogen-bond donors (Lipinski definition) is 1. The standard InChI is InChI=1S/C26H36ClN3OS/c1-20-18-23(10-11-24(20)27)28-25(32)30(13-5-12-29-14-16-31-17-15-29)19-21-6-8-22(9-7-21)26(2,3)4/h6-11,18H,5,12-17,19H2,1-4H3,(H,28,32). The molecule has 1 N–H and O–H groups in total. The molecular weight excluding hydrogens is 438 g/mol. The summed E-state index contributed by atoms with van der Waals surface area (Å²) in [6, 6.07) is 14.9. The van der Waals surface area contributed by atoms with Gasteiger partial charge in [-0.2, -0.15) is 0 Å². The van der Waals surface area contributed by atoms with Gasteiger partial charge < -0.3 is 15.0 Å². The molecule has 0 spiro atoms. The summed E-state index contributed by atoms with van der Waals surface area (Å²) < 4.78 is 5.47. The van der Waals surface area contributed by atoms with E-state index >= 15 is 0 Å². The van der Waals surface area contributed by atoms with Crippen LogP contribution in [0.25, 0.3) is 0 Å². The summed E-state index contributed by atoms with van der Waals surface area (Å²) in [5.41, 5.74) is 4.77. The molecule has 0 radical (unpaired) electrons. The van der Waals surface area contributed by atoms with Crippen LogP contribution in [0.1, 0.15) is 43.9 Å². The van der Waals surface area contributed by atoms with E-state index in [2.05, 4.69) is 60.2 Å². The lowest BCUT2D eigenvalue weighted by Crippen LogP contribution is -2.40. The van der Waals surface area contributed by atoms with E-state index in [0.29, 0.717) is 0 Å². The maximum atomic E-state index is 6.19. The normalized spacial score (nSPS) is 14.9. The van der Waals surface area contributed by atoms with E-state index < -0.39 is 0 Å². The van der Waals surface area contributed by atoms with Gasteiger partial charge in [0.1, 0.15) is 0 Å². The number of aryl methyl sites for hydroxylation is 1. The van der Waals surface area contributed by atoms with E-state index in [1.54, 1.807) is 0 Å². The molecule has 2 aromatic rings. The highest BCUT2D eigenvalue weighted by Gasteiger charge is 2.16. The van der Waals surface area contributed by atoms with Crippen LogP contribution in [-0.2, 0) is 16.7 Å². The average molecular weight is 474 g/mol. The van der Waals surface area contributed by atoms with Crippen LogP contribution in [0.2, 0.25) is 5.02 Å². The minimum absolute atomic E-state index is 0.152. The van der Waals surface area contributed by atoms with Crippen LogP contribution in [0.15, 0.2) is 42.5 Å². The third-order valence-electron chi connectivity index (χ3n) is 5.90. The van der Waals surface area contributed by atoms with Crippen LogP contribution in [0.3, 0.4) is 0 Å². The smallest absolute Gasteiger partial charge is 0.173 e. The molecule has 1 saturated heterocycles. The number of nitrogens with zero attached hydrogens (tertiary/aromatic N) is 2. The minimum Gasteiger partial charge on any atom is -0.379 e. The van der Waals surface area contributed by atoms with Gasteiger partial charge in [-0.25, -0.2) is 0 Å². The maximum Gasteiger partial charge on any atom is 0.173 e. The quantitative estimate of drug-likeness (QED) is 0.508. The molecule has 0 atom stereocenters. The number of thiocarbonyl (C=S) groups is 1. The Labute approximate surface area is 203 Å². The zero-order chi connectivity index (χ0) is 23.1. The van der Waals surface area contributed by atoms with Gasteiger partial charge in [-0.1, -0.05) is 56.6 Å². The number of morpholine rings is 1. The number of hydrogen-bond acceptors (Lipinski definition) is 3. The van der Waals surface area contributed by atoms with Gasteiger partial charge >= 0.3 is 0 Å². The Morgan fingerprint density at radius 2 is 1.81 bits per heavy atom. The highest BCUT2D eigenvalue weighted by atomic mass is 35.5. The predicted octanol–water partition coefficient (Wildman–Crippen LogP) is 5.87. The molecule has 0 amide bonds. The van der Waals surface area contributed by atoms with Gasteiger partial charge in [0.2, 0.25) is 0 Å². The molecule has 4 nitrogen and oxygen atoms in total. The van der Waals surface area contributed by atoms with Crippen molar-refractivity contribution in [3.05, 3.63) is 64.2 Å². The summed E-state index contributed by atoms with van der Waals surface area (Å²) in [5, 5.41) is 4.93. The molecule has 174 valence electrons. The summed E-state index contributed by atoms with van der Waals surface area (Å²) >= 11 is 12.0. The first kappa shape index (κ1) is 25.0. The van der Waals surface area contributed by atoms with Crippen LogP contribution in [-0.4, -0.2) is 54.3 Å². The number of rotatable bonds is 7. The third kappa shape index (κ3) is 7.45. The maximum absolute atomic E-state index is 6.19. The Kier molecular flexibility index (Phi) is 8.95. The van der Waals surface area contributed by atoms with Gasteiger partial charge in [0.25, 0.3) is 0 Å². The molecule has 0 saturated carbocycles. The van der Waals surface area contributed by atoms with Gasteiger partial charge in [-0.05, 0) is 65.9 Å². The van der Waals surface area contributed by atoms with Crippen molar-refractivity contribution in [1.82, 2.24) is 9.80 Å². The summed E-state index contributed by atoms with van der Waals surface area (Å²) in [7, 11) is 0. The summed E-state index contributed by atoms with van der Waals surface area (Å²) in [6.45, 7) is 15.2. The van der Waals surface area contributed by atoms with E-state index in [0.717, 1.165) is 73.7 Å². The Balaban J connectivity index is 1.67. The van der Waals surface area contributed by atoms with E-state index in [9.17, 15) is 0 Å². The van der Waals surface area contributed by atoms with Crippen molar-refractivity contribution in [3.63, 3.8) is 0 Å². The molecule has 0 aliphatic carbocycles. The fourth-order valence-electron chi connectivity index (χ4n) is 3.82.